The number of hydrogen-bond donors (Lipinski definition) is 0. The molecule has 1 aromatic rings. The van der Waals surface area contributed by atoms with E-state index in [1.54, 1.807) is 7.11 Å². The average Bonchev–Trinajstić information content (AvgIpc) is 2.27. The minimum Gasteiger partial charge on any atom is -0.811 e. The van der Waals surface area contributed by atoms with Crippen LogP contribution in [-0.4, -0.2) is 19.9 Å². The summed E-state index contributed by atoms with van der Waals surface area (Å²) >= 11 is 0. The molecule has 0 bridgehead atoms. The molecule has 0 radical (unpaired) electrons. The normalized spacial score (nSPS) is 11.7. The van der Waals surface area contributed by atoms with Crippen molar-refractivity contribution in [2.24, 2.45) is 0 Å². The van der Waals surface area contributed by atoms with Gasteiger partial charge >= 0.3 is 0 Å². The largest absolute Gasteiger partial charge is 0.811 e. The van der Waals surface area contributed by atoms with E-state index in [2.05, 4.69) is 0 Å². The lowest BCUT2D eigenvalue weighted by atomic mass is 10.1. The number of methoxy groups -OCH3 is 1. The van der Waals surface area contributed by atoms with Crippen LogP contribution in [0.4, 0.5) is 0 Å². The number of ether oxygens (including phenoxy) is 1. The van der Waals surface area contributed by atoms with E-state index in [-0.39, 0.29) is 6.16 Å². The summed E-state index contributed by atoms with van der Waals surface area (Å²) in [5, 5.41) is 0. The summed E-state index contributed by atoms with van der Waals surface area (Å²) < 4.78 is 15.5. The van der Waals surface area contributed by atoms with Gasteiger partial charge in [-0.2, -0.15) is 0 Å². The fraction of sp³-hybridized carbons (Fsp3) is 0.500. The van der Waals surface area contributed by atoms with E-state index >= 15 is 0 Å². The second-order valence-corrected chi connectivity index (χ2v) is 5.67. The molecule has 0 aliphatic rings. The second-order valence-electron chi connectivity index (χ2n) is 4.00. The minimum atomic E-state index is -4.38. The predicted octanol–water partition coefficient (Wildman–Crippen LogP) is 0.722. The summed E-state index contributed by atoms with van der Waals surface area (Å²) in [5.41, 5.74) is 2.07. The average molecular weight is 256 g/mol. The Morgan fingerprint density at radius 1 is 1.12 bits per heavy atom. The van der Waals surface area contributed by atoms with Crippen LogP contribution < -0.4 is 9.79 Å². The zero-order chi connectivity index (χ0) is 12.7. The Morgan fingerprint density at radius 2 is 1.65 bits per heavy atom. The Morgan fingerprint density at radius 3 is 2.12 bits per heavy atom. The lowest BCUT2D eigenvalue weighted by Crippen LogP contribution is -2.17. The molecule has 0 saturated carbocycles. The van der Waals surface area contributed by atoms with Gasteiger partial charge in [-0.15, -0.1) is 0 Å². The summed E-state index contributed by atoms with van der Waals surface area (Å²) in [6, 6.07) is 7.67. The van der Waals surface area contributed by atoms with Gasteiger partial charge in [-0.05, 0) is 36.6 Å². The number of rotatable bonds is 7. The first kappa shape index (κ1) is 14.4. The number of benzene rings is 1. The van der Waals surface area contributed by atoms with Crippen LogP contribution in [0.3, 0.4) is 0 Å². The molecule has 96 valence electrons. The van der Waals surface area contributed by atoms with Crippen molar-refractivity contribution in [3.05, 3.63) is 35.4 Å². The van der Waals surface area contributed by atoms with Gasteiger partial charge in [-0.25, -0.2) is 0 Å². The van der Waals surface area contributed by atoms with Gasteiger partial charge in [0.05, 0.1) is 0 Å². The van der Waals surface area contributed by atoms with Crippen LogP contribution in [0.5, 0.6) is 0 Å². The van der Waals surface area contributed by atoms with Gasteiger partial charge in [0.15, 0.2) is 0 Å². The lowest BCUT2D eigenvalue weighted by molar-refractivity contribution is -0.313. The molecule has 0 unspecified atom stereocenters. The van der Waals surface area contributed by atoms with E-state index in [4.69, 9.17) is 4.74 Å². The molecule has 0 N–H and O–H groups in total. The fourth-order valence-corrected chi connectivity index (χ4v) is 2.09. The van der Waals surface area contributed by atoms with Crippen LogP contribution in [0.2, 0.25) is 0 Å². The summed E-state index contributed by atoms with van der Waals surface area (Å²) in [7, 11) is -2.71. The minimum absolute atomic E-state index is 0.294. The molecule has 1 aromatic carbocycles. The van der Waals surface area contributed by atoms with Gasteiger partial charge in [-0.1, -0.05) is 31.9 Å². The monoisotopic (exact) mass is 256 g/mol. The standard InChI is InChI=1S/C12H19O4P/c1-16-9-2-3-11-4-6-12(7-5-11)8-10-17(13,14)15/h4-7H,2-3,8-10H2,1H3,(H2,13,14,15)/p-2. The highest BCUT2D eigenvalue weighted by Crippen LogP contribution is 2.24. The SMILES string of the molecule is COCCCc1ccc(CCP(=O)([O-])[O-])cc1. The topological polar surface area (TPSA) is 72.4 Å². The summed E-state index contributed by atoms with van der Waals surface area (Å²) in [5.74, 6) is 0. The van der Waals surface area contributed by atoms with Crippen LogP contribution in [-0.2, 0) is 22.1 Å². The molecule has 0 fully saturated rings. The van der Waals surface area contributed by atoms with E-state index in [0.717, 1.165) is 25.0 Å². The van der Waals surface area contributed by atoms with Crippen LogP contribution in [0.1, 0.15) is 17.5 Å². The molecule has 17 heavy (non-hydrogen) atoms. The third kappa shape index (κ3) is 6.59. The molecule has 0 aromatic heterocycles. The Kier molecular flexibility index (Phi) is 5.86. The van der Waals surface area contributed by atoms with Crippen LogP contribution in [0, 0.1) is 0 Å². The molecule has 0 aliphatic heterocycles. The molecule has 0 amide bonds. The zero-order valence-electron chi connectivity index (χ0n) is 9.93. The highest BCUT2D eigenvalue weighted by Gasteiger charge is 1.97. The molecule has 5 heteroatoms. The first-order chi connectivity index (χ1) is 8.01. The second kappa shape index (κ2) is 6.92. The Bertz CT molecular complexity index is 369. The van der Waals surface area contributed by atoms with Crippen LogP contribution in [0.15, 0.2) is 24.3 Å². The van der Waals surface area contributed by atoms with E-state index in [0.29, 0.717) is 6.42 Å². The van der Waals surface area contributed by atoms with Gasteiger partial charge in [0, 0.05) is 13.7 Å². The van der Waals surface area contributed by atoms with Crippen molar-refractivity contribution in [3.8, 4) is 0 Å². The molecular formula is C12H17O4P-2. The molecule has 0 saturated heterocycles. The van der Waals surface area contributed by atoms with Crippen molar-refractivity contribution in [1.29, 1.82) is 0 Å². The number of aryl methyl sites for hydroxylation is 2. The van der Waals surface area contributed by atoms with Crippen molar-refractivity contribution >= 4 is 7.60 Å². The fourth-order valence-electron chi connectivity index (χ4n) is 1.56. The Hall–Kier alpha value is -0.670. The van der Waals surface area contributed by atoms with E-state index in [1.807, 2.05) is 24.3 Å². The van der Waals surface area contributed by atoms with E-state index in [1.165, 1.54) is 5.56 Å². The summed E-state index contributed by atoms with van der Waals surface area (Å²) in [4.78, 5) is 21.0. The highest BCUT2D eigenvalue weighted by atomic mass is 31.2. The van der Waals surface area contributed by atoms with E-state index < -0.39 is 7.60 Å². The lowest BCUT2D eigenvalue weighted by Gasteiger charge is -2.29. The van der Waals surface area contributed by atoms with Crippen LogP contribution in [0.25, 0.3) is 0 Å². The first-order valence-electron chi connectivity index (χ1n) is 5.59. The molecule has 4 nitrogen and oxygen atoms in total. The Balaban J connectivity index is 2.42. The predicted molar refractivity (Wildman–Crippen MR) is 62.8 cm³/mol. The maximum Gasteiger partial charge on any atom is 0.0465 e. The van der Waals surface area contributed by atoms with Crippen molar-refractivity contribution < 1.29 is 19.1 Å². The van der Waals surface area contributed by atoms with Crippen molar-refractivity contribution in [2.45, 2.75) is 19.3 Å². The van der Waals surface area contributed by atoms with E-state index in [9.17, 15) is 14.4 Å². The third-order valence-corrected chi connectivity index (χ3v) is 3.28. The zero-order valence-corrected chi connectivity index (χ0v) is 10.8. The van der Waals surface area contributed by atoms with Gasteiger partial charge in [0.1, 0.15) is 0 Å². The molecule has 1 rings (SSSR count). The molecular weight excluding hydrogens is 239 g/mol. The first-order valence-corrected chi connectivity index (χ1v) is 7.32. The van der Waals surface area contributed by atoms with Gasteiger partial charge < -0.3 is 19.1 Å². The smallest absolute Gasteiger partial charge is 0.0465 e. The van der Waals surface area contributed by atoms with Crippen LogP contribution >= 0.6 is 7.60 Å². The molecule has 0 aliphatic carbocycles. The van der Waals surface area contributed by atoms with Crippen molar-refractivity contribution in [3.63, 3.8) is 0 Å². The van der Waals surface area contributed by atoms with Crippen molar-refractivity contribution in [1.82, 2.24) is 0 Å². The van der Waals surface area contributed by atoms with Gasteiger partial charge in [-0.3, -0.25) is 0 Å². The molecule has 0 heterocycles. The van der Waals surface area contributed by atoms with Crippen molar-refractivity contribution in [2.75, 3.05) is 19.9 Å². The molecule has 0 spiro atoms. The maximum absolute atomic E-state index is 10.5. The van der Waals surface area contributed by atoms with Gasteiger partial charge in [0.25, 0.3) is 0 Å². The van der Waals surface area contributed by atoms with Gasteiger partial charge in [0.2, 0.25) is 0 Å². The molecule has 0 atom stereocenters. The third-order valence-electron chi connectivity index (χ3n) is 2.51. The summed E-state index contributed by atoms with van der Waals surface area (Å²) in [6.45, 7) is 0.733. The Labute approximate surface area is 102 Å². The highest BCUT2D eigenvalue weighted by molar-refractivity contribution is 7.48. The number of hydrogen-bond acceptors (Lipinski definition) is 4. The quantitative estimate of drug-likeness (QED) is 0.532. The summed E-state index contributed by atoms with van der Waals surface area (Å²) in [6.07, 6.45) is 1.89. The maximum atomic E-state index is 10.5.